The van der Waals surface area contributed by atoms with Crippen LogP contribution in [0.1, 0.15) is 92.0 Å². The van der Waals surface area contributed by atoms with Gasteiger partial charge in [-0.3, -0.25) is 9.69 Å². The molecule has 44 heavy (non-hydrogen) atoms. The number of hydrogen-bond donors (Lipinski definition) is 1. The van der Waals surface area contributed by atoms with Crippen molar-refractivity contribution in [3.8, 4) is 0 Å². The summed E-state index contributed by atoms with van der Waals surface area (Å²) in [6.07, 6.45) is 5.96. The molecule has 1 aromatic heterocycles. The minimum Gasteiger partial charge on any atom is -0.411 e. The molecule has 0 bridgehead atoms. The number of hydrogen-bond acceptors (Lipinski definition) is 6. The summed E-state index contributed by atoms with van der Waals surface area (Å²) in [6.45, 7) is 12.5. The minimum absolute atomic E-state index is 0.0158. The molecule has 11 heteroatoms. The lowest BCUT2D eigenvalue weighted by atomic mass is 9.66. The second-order valence-corrected chi connectivity index (χ2v) is 16.4. The number of likely N-dealkylation sites (tertiary alicyclic amines) is 2. The second-order valence-electron chi connectivity index (χ2n) is 14.2. The van der Waals surface area contributed by atoms with Crippen LogP contribution in [0.4, 0.5) is 4.39 Å². The van der Waals surface area contributed by atoms with Crippen molar-refractivity contribution in [2.24, 2.45) is 17.8 Å². The summed E-state index contributed by atoms with van der Waals surface area (Å²) in [7, 11) is -3.17. The zero-order valence-electron chi connectivity index (χ0n) is 26.6. The smallest absolute Gasteiger partial charge is 0.257 e. The number of piperidine rings is 3. The lowest BCUT2D eigenvalue weighted by Gasteiger charge is -2.52. The van der Waals surface area contributed by atoms with Gasteiger partial charge < -0.3 is 10.1 Å². The quantitative estimate of drug-likeness (QED) is 0.442. The lowest BCUT2D eigenvalue weighted by Crippen LogP contribution is -2.58. The number of sulfonamides is 1. The zero-order valence-corrected chi connectivity index (χ0v) is 27.4. The Morgan fingerprint density at radius 1 is 1.05 bits per heavy atom. The van der Waals surface area contributed by atoms with Crippen LogP contribution in [-0.2, 0) is 10.0 Å². The minimum atomic E-state index is -3.17. The van der Waals surface area contributed by atoms with Crippen LogP contribution in [0.15, 0.2) is 24.3 Å². The van der Waals surface area contributed by atoms with E-state index in [1.165, 1.54) is 6.07 Å². The Morgan fingerprint density at radius 3 is 2.30 bits per heavy atom. The molecule has 1 saturated carbocycles. The molecule has 3 saturated heterocycles. The van der Waals surface area contributed by atoms with Gasteiger partial charge in [-0.2, -0.15) is 0 Å². The van der Waals surface area contributed by atoms with E-state index in [1.54, 1.807) is 24.2 Å². The SMILES string of the molecule is Cc1nn(O)c(C)c1C(=O)N1CCC(C)(N2CCC([C@@H](c3cccc(F)c3)C3CCN(S(=O)(=O)C4CC4)CC3)C(C)C2)CC1. The van der Waals surface area contributed by atoms with Crippen LogP contribution in [0.3, 0.4) is 0 Å². The molecule has 3 atom stereocenters. The van der Waals surface area contributed by atoms with E-state index in [1.807, 2.05) is 11.0 Å². The Kier molecular flexibility index (Phi) is 8.60. The molecule has 2 aromatic rings. The highest BCUT2D eigenvalue weighted by Crippen LogP contribution is 2.47. The van der Waals surface area contributed by atoms with Crippen molar-refractivity contribution in [2.75, 3.05) is 39.3 Å². The molecule has 0 spiro atoms. The molecule has 242 valence electrons. The lowest BCUT2D eigenvalue weighted by molar-refractivity contribution is -0.0149. The molecule has 4 fully saturated rings. The number of rotatable bonds is 7. The monoisotopic (exact) mass is 629 g/mol. The fraction of sp³-hybridized carbons (Fsp3) is 0.697. The van der Waals surface area contributed by atoms with Crippen molar-refractivity contribution >= 4 is 15.9 Å². The maximum absolute atomic E-state index is 14.5. The summed E-state index contributed by atoms with van der Waals surface area (Å²) < 4.78 is 42.1. The van der Waals surface area contributed by atoms with Gasteiger partial charge in [0.05, 0.1) is 22.2 Å². The molecule has 1 aromatic carbocycles. The molecular formula is C33H48FN5O4S. The topological polar surface area (TPSA) is 99.0 Å². The third-order valence-electron chi connectivity index (χ3n) is 11.4. The van der Waals surface area contributed by atoms with Crippen molar-refractivity contribution in [1.29, 1.82) is 0 Å². The van der Waals surface area contributed by atoms with Crippen LogP contribution in [0.5, 0.6) is 0 Å². The van der Waals surface area contributed by atoms with Crippen molar-refractivity contribution in [3.63, 3.8) is 0 Å². The van der Waals surface area contributed by atoms with Crippen LogP contribution < -0.4 is 0 Å². The summed E-state index contributed by atoms with van der Waals surface area (Å²) in [5.41, 5.74) is 2.54. The molecule has 6 rings (SSSR count). The second kappa shape index (κ2) is 12.0. The van der Waals surface area contributed by atoms with Gasteiger partial charge in [-0.15, -0.1) is 9.94 Å². The van der Waals surface area contributed by atoms with Crippen molar-refractivity contribution in [3.05, 3.63) is 52.6 Å². The van der Waals surface area contributed by atoms with Gasteiger partial charge in [0.2, 0.25) is 10.0 Å². The number of halogens is 1. The molecule has 1 aliphatic carbocycles. The van der Waals surface area contributed by atoms with Gasteiger partial charge in [-0.25, -0.2) is 17.1 Å². The molecule has 9 nitrogen and oxygen atoms in total. The van der Waals surface area contributed by atoms with Crippen LogP contribution in [0.25, 0.3) is 0 Å². The molecule has 1 amide bonds. The Balaban J connectivity index is 1.12. The Labute approximate surface area is 261 Å². The number of aryl methyl sites for hydroxylation is 1. The first-order valence-corrected chi connectivity index (χ1v) is 17.9. The molecule has 0 radical (unpaired) electrons. The summed E-state index contributed by atoms with van der Waals surface area (Å²) in [4.78, 5) is 18.6. The summed E-state index contributed by atoms with van der Waals surface area (Å²) in [6, 6.07) is 7.09. The van der Waals surface area contributed by atoms with E-state index in [0.29, 0.717) is 60.9 Å². The highest BCUT2D eigenvalue weighted by Gasteiger charge is 2.46. The van der Waals surface area contributed by atoms with E-state index in [4.69, 9.17) is 0 Å². The van der Waals surface area contributed by atoms with E-state index in [2.05, 4.69) is 29.9 Å². The first kappa shape index (κ1) is 31.5. The number of aromatic nitrogens is 2. The van der Waals surface area contributed by atoms with Gasteiger partial charge in [0.15, 0.2) is 0 Å². The maximum Gasteiger partial charge on any atom is 0.257 e. The Morgan fingerprint density at radius 2 is 1.73 bits per heavy atom. The van der Waals surface area contributed by atoms with Gasteiger partial charge in [-0.1, -0.05) is 19.1 Å². The predicted octanol–water partition coefficient (Wildman–Crippen LogP) is 4.82. The standard InChI is InChI=1S/C33H48FN5O4S/c1-22-21-37(33(4)13-18-36(19-14-33)32(40)30-23(2)35-39(41)24(30)3)15-12-29(22)31(26-6-5-7-27(34)20-26)25-10-16-38(17-11-25)44(42,43)28-8-9-28/h5-7,20,22,25,28-29,31,41H,8-19,21H2,1-4H3/t22?,29?,31-/m1/s1. The van der Waals surface area contributed by atoms with Gasteiger partial charge >= 0.3 is 0 Å². The average molecular weight is 630 g/mol. The zero-order chi connectivity index (χ0) is 31.4. The third kappa shape index (κ3) is 5.91. The maximum atomic E-state index is 14.5. The molecule has 4 heterocycles. The van der Waals surface area contributed by atoms with Gasteiger partial charge in [0, 0.05) is 38.3 Å². The van der Waals surface area contributed by atoms with Crippen LogP contribution in [0.2, 0.25) is 0 Å². The Hall–Kier alpha value is -2.50. The molecular weight excluding hydrogens is 581 g/mol. The number of carbonyl (C=O) groups excluding carboxylic acids is 1. The molecule has 3 aliphatic heterocycles. The molecule has 4 aliphatic rings. The number of amides is 1. The Bertz CT molecular complexity index is 1470. The van der Waals surface area contributed by atoms with E-state index in [9.17, 15) is 22.8 Å². The van der Waals surface area contributed by atoms with Gasteiger partial charge in [-0.05, 0) is 114 Å². The van der Waals surface area contributed by atoms with E-state index in [-0.39, 0.29) is 28.4 Å². The normalized spacial score (nSPS) is 26.5. The van der Waals surface area contributed by atoms with E-state index in [0.717, 1.165) is 68.4 Å². The number of carbonyl (C=O) groups is 1. The highest BCUT2D eigenvalue weighted by molar-refractivity contribution is 7.90. The van der Waals surface area contributed by atoms with Crippen LogP contribution >= 0.6 is 0 Å². The summed E-state index contributed by atoms with van der Waals surface area (Å²) in [5, 5.41) is 13.8. The van der Waals surface area contributed by atoms with Crippen molar-refractivity contribution in [2.45, 2.75) is 89.3 Å². The third-order valence-corrected chi connectivity index (χ3v) is 13.8. The first-order valence-electron chi connectivity index (χ1n) is 16.4. The molecule has 2 unspecified atom stereocenters. The fourth-order valence-corrected chi connectivity index (χ4v) is 10.3. The van der Waals surface area contributed by atoms with Gasteiger partial charge in [0.25, 0.3) is 5.91 Å². The molecule has 1 N–H and O–H groups in total. The average Bonchev–Trinajstić information content (AvgIpc) is 3.82. The van der Waals surface area contributed by atoms with Crippen molar-refractivity contribution < 1.29 is 22.8 Å². The summed E-state index contributed by atoms with van der Waals surface area (Å²) >= 11 is 0. The highest BCUT2D eigenvalue weighted by atomic mass is 32.2. The fourth-order valence-electron chi connectivity index (χ4n) is 8.44. The van der Waals surface area contributed by atoms with Crippen molar-refractivity contribution in [1.82, 2.24) is 24.0 Å². The van der Waals surface area contributed by atoms with Crippen LogP contribution in [-0.4, -0.2) is 93.6 Å². The number of nitrogens with zero attached hydrogens (tertiary/aromatic N) is 5. The number of benzene rings is 1. The van der Waals surface area contributed by atoms with E-state index >= 15 is 0 Å². The first-order chi connectivity index (χ1) is 20.9. The predicted molar refractivity (Wildman–Crippen MR) is 167 cm³/mol. The van der Waals surface area contributed by atoms with Gasteiger partial charge in [0.1, 0.15) is 5.82 Å². The summed E-state index contributed by atoms with van der Waals surface area (Å²) in [5.74, 6) is 1.01. The van der Waals surface area contributed by atoms with E-state index < -0.39 is 10.0 Å². The van der Waals surface area contributed by atoms with Crippen LogP contribution in [0, 0.1) is 37.4 Å². The largest absolute Gasteiger partial charge is 0.411 e.